The Morgan fingerprint density at radius 3 is 2.73 bits per heavy atom. The number of benzene rings is 1. The Labute approximate surface area is 91.5 Å². The summed E-state index contributed by atoms with van der Waals surface area (Å²) >= 11 is 5.78. The summed E-state index contributed by atoms with van der Waals surface area (Å²) in [6, 6.07) is 7.84. The van der Waals surface area contributed by atoms with Crippen molar-refractivity contribution in [3.8, 4) is 11.3 Å². The number of hydrogen-bond donors (Lipinski definition) is 1. The maximum atomic E-state index is 13.1. The van der Waals surface area contributed by atoms with Crippen molar-refractivity contribution in [3.63, 3.8) is 0 Å². The van der Waals surface area contributed by atoms with E-state index in [0.29, 0.717) is 16.9 Å². The van der Waals surface area contributed by atoms with E-state index in [1.807, 2.05) is 0 Å². The van der Waals surface area contributed by atoms with Gasteiger partial charge in [0, 0.05) is 11.8 Å². The number of halogens is 2. The van der Waals surface area contributed by atoms with Crippen LogP contribution in [0.4, 0.5) is 10.1 Å². The second kappa shape index (κ2) is 3.87. The minimum absolute atomic E-state index is 0.204. The second-order valence-electron chi connectivity index (χ2n) is 3.06. The molecule has 0 amide bonds. The molecular formula is C11H8ClFN2. The molecule has 0 radical (unpaired) electrons. The number of hydrogen-bond acceptors (Lipinski definition) is 2. The first kappa shape index (κ1) is 9.93. The zero-order chi connectivity index (χ0) is 10.8. The van der Waals surface area contributed by atoms with Crippen LogP contribution < -0.4 is 5.73 Å². The van der Waals surface area contributed by atoms with Gasteiger partial charge in [-0.25, -0.2) is 4.39 Å². The summed E-state index contributed by atoms with van der Waals surface area (Å²) < 4.78 is 13.1. The molecule has 0 bridgehead atoms. The molecule has 0 spiro atoms. The molecule has 0 fully saturated rings. The van der Waals surface area contributed by atoms with Crippen LogP contribution in [0.25, 0.3) is 11.3 Å². The molecule has 1 aromatic heterocycles. The van der Waals surface area contributed by atoms with Crippen molar-refractivity contribution < 1.29 is 4.39 Å². The van der Waals surface area contributed by atoms with Crippen molar-refractivity contribution in [2.24, 2.45) is 0 Å². The van der Waals surface area contributed by atoms with E-state index < -0.39 is 5.82 Å². The van der Waals surface area contributed by atoms with E-state index in [0.717, 1.165) is 0 Å². The predicted octanol–water partition coefficient (Wildman–Crippen LogP) is 3.12. The lowest BCUT2D eigenvalue weighted by Crippen LogP contribution is -1.94. The van der Waals surface area contributed by atoms with Gasteiger partial charge in [0.25, 0.3) is 0 Å². The largest absolute Gasteiger partial charge is 0.397 e. The van der Waals surface area contributed by atoms with E-state index >= 15 is 0 Å². The number of rotatable bonds is 1. The van der Waals surface area contributed by atoms with Gasteiger partial charge in [-0.1, -0.05) is 17.7 Å². The molecular weight excluding hydrogens is 215 g/mol. The molecule has 1 heterocycles. The Balaban J connectivity index is 2.63. The lowest BCUT2D eigenvalue weighted by Gasteiger charge is -2.06. The Hall–Kier alpha value is -1.61. The number of nitrogens with two attached hydrogens (primary N) is 1. The lowest BCUT2D eigenvalue weighted by molar-refractivity contribution is 0.628. The summed E-state index contributed by atoms with van der Waals surface area (Å²) in [5.74, 6) is -0.421. The van der Waals surface area contributed by atoms with Crippen molar-refractivity contribution in [2.45, 2.75) is 0 Å². The van der Waals surface area contributed by atoms with E-state index in [1.54, 1.807) is 24.4 Å². The third-order valence-corrected chi connectivity index (χ3v) is 2.35. The van der Waals surface area contributed by atoms with E-state index in [-0.39, 0.29) is 5.02 Å². The topological polar surface area (TPSA) is 38.9 Å². The summed E-state index contributed by atoms with van der Waals surface area (Å²) in [6.45, 7) is 0. The first-order chi connectivity index (χ1) is 7.18. The molecule has 2 rings (SSSR count). The van der Waals surface area contributed by atoms with Crippen LogP contribution in [-0.4, -0.2) is 4.98 Å². The first-order valence-corrected chi connectivity index (χ1v) is 4.72. The van der Waals surface area contributed by atoms with Gasteiger partial charge in [-0.05, 0) is 24.3 Å². The fraction of sp³-hybridized carbons (Fsp3) is 0. The molecule has 0 saturated carbocycles. The highest BCUT2D eigenvalue weighted by Gasteiger charge is 2.09. The molecule has 2 nitrogen and oxygen atoms in total. The van der Waals surface area contributed by atoms with Crippen molar-refractivity contribution >= 4 is 17.3 Å². The standard InChI is InChI=1S/C11H8ClFN2/c12-9-6-7(13)5-8(11(9)14)10-3-1-2-4-15-10/h1-6H,14H2. The van der Waals surface area contributed by atoms with Gasteiger partial charge < -0.3 is 5.73 Å². The third kappa shape index (κ3) is 1.92. The van der Waals surface area contributed by atoms with E-state index in [1.165, 1.54) is 12.1 Å². The van der Waals surface area contributed by atoms with Gasteiger partial charge in [-0.15, -0.1) is 0 Å². The maximum absolute atomic E-state index is 13.1. The molecule has 0 unspecified atom stereocenters. The number of anilines is 1. The fourth-order valence-corrected chi connectivity index (χ4v) is 1.52. The highest BCUT2D eigenvalue weighted by molar-refractivity contribution is 6.33. The Kier molecular flexibility index (Phi) is 2.56. The average Bonchev–Trinajstić information content (AvgIpc) is 2.24. The van der Waals surface area contributed by atoms with Crippen LogP contribution in [0.2, 0.25) is 5.02 Å². The SMILES string of the molecule is Nc1c(Cl)cc(F)cc1-c1ccccn1. The molecule has 0 atom stereocenters. The van der Waals surface area contributed by atoms with Crippen LogP contribution in [0.3, 0.4) is 0 Å². The zero-order valence-corrected chi connectivity index (χ0v) is 8.50. The second-order valence-corrected chi connectivity index (χ2v) is 3.47. The lowest BCUT2D eigenvalue weighted by atomic mass is 10.1. The zero-order valence-electron chi connectivity index (χ0n) is 7.74. The predicted molar refractivity (Wildman–Crippen MR) is 59.1 cm³/mol. The van der Waals surface area contributed by atoms with E-state index in [9.17, 15) is 4.39 Å². The van der Waals surface area contributed by atoms with Gasteiger partial charge in [-0.2, -0.15) is 0 Å². The van der Waals surface area contributed by atoms with Gasteiger partial charge >= 0.3 is 0 Å². The summed E-state index contributed by atoms with van der Waals surface area (Å²) in [6.07, 6.45) is 1.62. The highest BCUT2D eigenvalue weighted by Crippen LogP contribution is 2.31. The summed E-state index contributed by atoms with van der Waals surface area (Å²) in [5.41, 5.74) is 7.21. The van der Waals surface area contributed by atoms with Crippen LogP contribution in [-0.2, 0) is 0 Å². The van der Waals surface area contributed by atoms with E-state index in [2.05, 4.69) is 4.98 Å². The van der Waals surface area contributed by atoms with Gasteiger partial charge in [0.15, 0.2) is 0 Å². The smallest absolute Gasteiger partial charge is 0.125 e. The molecule has 76 valence electrons. The molecule has 2 N–H and O–H groups in total. The molecule has 1 aromatic carbocycles. The van der Waals surface area contributed by atoms with Crippen LogP contribution in [0.5, 0.6) is 0 Å². The number of pyridine rings is 1. The molecule has 4 heteroatoms. The fourth-order valence-electron chi connectivity index (χ4n) is 1.32. The highest BCUT2D eigenvalue weighted by atomic mass is 35.5. The summed E-state index contributed by atoms with van der Waals surface area (Å²) in [5, 5.41) is 0.204. The first-order valence-electron chi connectivity index (χ1n) is 4.34. The summed E-state index contributed by atoms with van der Waals surface area (Å²) in [7, 11) is 0. The maximum Gasteiger partial charge on any atom is 0.125 e. The van der Waals surface area contributed by atoms with Crippen molar-refractivity contribution in [1.82, 2.24) is 4.98 Å². The van der Waals surface area contributed by atoms with Gasteiger partial charge in [0.05, 0.1) is 16.4 Å². The molecule has 15 heavy (non-hydrogen) atoms. The Morgan fingerprint density at radius 2 is 2.07 bits per heavy atom. The number of nitrogen functional groups attached to an aromatic ring is 1. The Bertz CT molecular complexity index is 485. The molecule has 0 saturated heterocycles. The quantitative estimate of drug-likeness (QED) is 0.753. The van der Waals surface area contributed by atoms with Crippen molar-refractivity contribution in [3.05, 3.63) is 47.4 Å². The molecule has 2 aromatic rings. The number of aromatic nitrogens is 1. The van der Waals surface area contributed by atoms with Gasteiger partial charge in [-0.3, -0.25) is 4.98 Å². The average molecular weight is 223 g/mol. The van der Waals surface area contributed by atoms with Crippen molar-refractivity contribution in [1.29, 1.82) is 0 Å². The normalized spacial score (nSPS) is 10.3. The molecule has 0 aliphatic rings. The van der Waals surface area contributed by atoms with Crippen LogP contribution >= 0.6 is 11.6 Å². The summed E-state index contributed by atoms with van der Waals surface area (Å²) in [4.78, 5) is 4.09. The van der Waals surface area contributed by atoms with E-state index in [4.69, 9.17) is 17.3 Å². The Morgan fingerprint density at radius 1 is 1.27 bits per heavy atom. The van der Waals surface area contributed by atoms with Gasteiger partial charge in [0.2, 0.25) is 0 Å². The minimum Gasteiger partial charge on any atom is -0.397 e. The molecule has 0 aliphatic carbocycles. The monoisotopic (exact) mass is 222 g/mol. The van der Waals surface area contributed by atoms with Crippen LogP contribution in [0.15, 0.2) is 36.5 Å². The third-order valence-electron chi connectivity index (χ3n) is 2.04. The number of nitrogens with zero attached hydrogens (tertiary/aromatic N) is 1. The van der Waals surface area contributed by atoms with Crippen LogP contribution in [0.1, 0.15) is 0 Å². The van der Waals surface area contributed by atoms with Gasteiger partial charge in [0.1, 0.15) is 5.82 Å². The minimum atomic E-state index is -0.421. The van der Waals surface area contributed by atoms with Crippen molar-refractivity contribution in [2.75, 3.05) is 5.73 Å². The molecule has 0 aliphatic heterocycles. The van der Waals surface area contributed by atoms with Crippen LogP contribution in [0, 0.1) is 5.82 Å².